The van der Waals surface area contributed by atoms with Crippen molar-refractivity contribution in [3.8, 4) is 5.75 Å². The molecule has 0 saturated carbocycles. The highest BCUT2D eigenvalue weighted by Crippen LogP contribution is 2.15. The van der Waals surface area contributed by atoms with Crippen molar-refractivity contribution in [3.63, 3.8) is 0 Å². The minimum atomic E-state index is -2.84. The van der Waals surface area contributed by atoms with Crippen LogP contribution < -0.4 is 15.4 Å². The minimum absolute atomic E-state index is 0.0671. The van der Waals surface area contributed by atoms with Crippen molar-refractivity contribution in [2.75, 3.05) is 6.54 Å². The Bertz CT molecular complexity index is 688. The van der Waals surface area contributed by atoms with Gasteiger partial charge in [0.1, 0.15) is 5.75 Å². The normalized spacial score (nSPS) is 12.0. The molecular weight excluding hydrogens is 338 g/mol. The first-order chi connectivity index (χ1) is 12.5. The third-order valence-corrected chi connectivity index (χ3v) is 4.09. The molecule has 0 aliphatic heterocycles. The molecule has 6 heteroatoms. The zero-order chi connectivity index (χ0) is 18.9. The molecule has 0 heterocycles. The SMILES string of the molecule is CCc1ccc(C(C)NCC(=O)NCc2ccc(OC(F)F)cc2)cc1. The molecule has 4 nitrogen and oxygen atoms in total. The largest absolute Gasteiger partial charge is 0.435 e. The lowest BCUT2D eigenvalue weighted by Gasteiger charge is -2.15. The molecule has 1 unspecified atom stereocenters. The Labute approximate surface area is 152 Å². The van der Waals surface area contributed by atoms with Gasteiger partial charge in [0, 0.05) is 12.6 Å². The van der Waals surface area contributed by atoms with Gasteiger partial charge >= 0.3 is 6.61 Å². The van der Waals surface area contributed by atoms with Gasteiger partial charge in [-0.15, -0.1) is 0 Å². The van der Waals surface area contributed by atoms with Crippen LogP contribution in [-0.2, 0) is 17.8 Å². The molecule has 2 aromatic carbocycles. The molecule has 0 bridgehead atoms. The molecule has 0 radical (unpaired) electrons. The molecule has 0 saturated heterocycles. The second kappa shape index (κ2) is 9.87. The monoisotopic (exact) mass is 362 g/mol. The predicted octanol–water partition coefficient (Wildman–Crippen LogP) is 3.82. The highest BCUT2D eigenvalue weighted by molar-refractivity contribution is 5.78. The van der Waals surface area contributed by atoms with Gasteiger partial charge in [-0.05, 0) is 42.2 Å². The number of alkyl halides is 2. The number of carbonyl (C=O) groups excluding carboxylic acids is 1. The van der Waals surface area contributed by atoms with Crippen LogP contribution in [0.1, 0.15) is 36.6 Å². The van der Waals surface area contributed by atoms with Gasteiger partial charge in [0.15, 0.2) is 0 Å². The average molecular weight is 362 g/mol. The van der Waals surface area contributed by atoms with Gasteiger partial charge in [-0.3, -0.25) is 4.79 Å². The highest BCUT2D eigenvalue weighted by Gasteiger charge is 2.08. The molecule has 0 spiro atoms. The van der Waals surface area contributed by atoms with Gasteiger partial charge in [0.25, 0.3) is 0 Å². The van der Waals surface area contributed by atoms with Crippen molar-refractivity contribution < 1.29 is 18.3 Å². The quantitative estimate of drug-likeness (QED) is 0.713. The van der Waals surface area contributed by atoms with E-state index in [9.17, 15) is 13.6 Å². The second-order valence-corrected chi connectivity index (χ2v) is 6.00. The van der Waals surface area contributed by atoms with Crippen molar-refractivity contribution in [3.05, 3.63) is 65.2 Å². The van der Waals surface area contributed by atoms with Crippen molar-refractivity contribution in [1.82, 2.24) is 10.6 Å². The van der Waals surface area contributed by atoms with Gasteiger partial charge in [-0.2, -0.15) is 8.78 Å². The number of aryl methyl sites for hydroxylation is 1. The molecule has 2 aromatic rings. The van der Waals surface area contributed by atoms with E-state index >= 15 is 0 Å². The van der Waals surface area contributed by atoms with Crippen LogP contribution in [0.2, 0.25) is 0 Å². The van der Waals surface area contributed by atoms with Crippen LogP contribution in [0.3, 0.4) is 0 Å². The lowest BCUT2D eigenvalue weighted by Crippen LogP contribution is -2.34. The number of halogens is 2. The molecule has 26 heavy (non-hydrogen) atoms. The van der Waals surface area contributed by atoms with E-state index in [0.717, 1.165) is 17.5 Å². The number of ether oxygens (including phenoxy) is 1. The van der Waals surface area contributed by atoms with E-state index in [2.05, 4.69) is 46.6 Å². The summed E-state index contributed by atoms with van der Waals surface area (Å²) in [5, 5.41) is 5.98. The van der Waals surface area contributed by atoms with Crippen molar-refractivity contribution in [1.29, 1.82) is 0 Å². The van der Waals surface area contributed by atoms with Crippen LogP contribution in [0.4, 0.5) is 8.78 Å². The van der Waals surface area contributed by atoms with Crippen LogP contribution in [0.25, 0.3) is 0 Å². The molecule has 0 aliphatic carbocycles. The van der Waals surface area contributed by atoms with Crippen LogP contribution in [-0.4, -0.2) is 19.1 Å². The van der Waals surface area contributed by atoms with E-state index in [-0.39, 0.29) is 24.2 Å². The number of hydrogen-bond acceptors (Lipinski definition) is 3. The average Bonchev–Trinajstić information content (AvgIpc) is 2.65. The Balaban J connectivity index is 1.74. The third kappa shape index (κ3) is 6.44. The molecule has 2 N–H and O–H groups in total. The molecule has 0 aromatic heterocycles. The first-order valence-corrected chi connectivity index (χ1v) is 8.60. The van der Waals surface area contributed by atoms with Crippen LogP contribution in [0.5, 0.6) is 5.75 Å². The number of nitrogens with one attached hydrogen (secondary N) is 2. The summed E-state index contributed by atoms with van der Waals surface area (Å²) in [5.74, 6) is -0.0328. The van der Waals surface area contributed by atoms with E-state index < -0.39 is 6.61 Å². The molecule has 140 valence electrons. The minimum Gasteiger partial charge on any atom is -0.435 e. The second-order valence-electron chi connectivity index (χ2n) is 6.00. The zero-order valence-corrected chi connectivity index (χ0v) is 15.0. The van der Waals surface area contributed by atoms with Gasteiger partial charge < -0.3 is 15.4 Å². The fourth-order valence-corrected chi connectivity index (χ4v) is 2.46. The maximum atomic E-state index is 12.1. The lowest BCUT2D eigenvalue weighted by atomic mass is 10.1. The fraction of sp³-hybridized carbons (Fsp3) is 0.350. The number of hydrogen-bond donors (Lipinski definition) is 2. The van der Waals surface area contributed by atoms with E-state index in [1.807, 2.05) is 6.92 Å². The summed E-state index contributed by atoms with van der Waals surface area (Å²) < 4.78 is 28.5. The maximum absolute atomic E-state index is 12.1. The van der Waals surface area contributed by atoms with Gasteiger partial charge in [-0.1, -0.05) is 43.3 Å². The summed E-state index contributed by atoms with van der Waals surface area (Å²) in [7, 11) is 0. The molecular formula is C20H24F2N2O2. The summed E-state index contributed by atoms with van der Waals surface area (Å²) in [4.78, 5) is 12.0. The number of amides is 1. The fourth-order valence-electron chi connectivity index (χ4n) is 2.46. The summed E-state index contributed by atoms with van der Waals surface area (Å²) in [6.45, 7) is 1.81. The summed E-state index contributed by atoms with van der Waals surface area (Å²) in [6, 6.07) is 14.6. The molecule has 1 atom stereocenters. The van der Waals surface area contributed by atoms with Crippen molar-refractivity contribution >= 4 is 5.91 Å². The van der Waals surface area contributed by atoms with Crippen LogP contribution in [0, 0.1) is 0 Å². The highest BCUT2D eigenvalue weighted by atomic mass is 19.3. The predicted molar refractivity (Wildman–Crippen MR) is 97.2 cm³/mol. The number of carbonyl (C=O) groups is 1. The Hall–Kier alpha value is -2.47. The van der Waals surface area contributed by atoms with Gasteiger partial charge in [0.05, 0.1) is 6.54 Å². The van der Waals surface area contributed by atoms with E-state index in [0.29, 0.717) is 6.54 Å². The van der Waals surface area contributed by atoms with E-state index in [1.165, 1.54) is 17.7 Å². The molecule has 0 aliphatic rings. The third-order valence-electron chi connectivity index (χ3n) is 4.09. The lowest BCUT2D eigenvalue weighted by molar-refractivity contribution is -0.120. The van der Waals surface area contributed by atoms with Gasteiger partial charge in [0.2, 0.25) is 5.91 Å². The van der Waals surface area contributed by atoms with Crippen molar-refractivity contribution in [2.24, 2.45) is 0 Å². The molecule has 2 rings (SSSR count). The Morgan fingerprint density at radius 2 is 1.65 bits per heavy atom. The van der Waals surface area contributed by atoms with Gasteiger partial charge in [-0.25, -0.2) is 0 Å². The maximum Gasteiger partial charge on any atom is 0.387 e. The first-order valence-electron chi connectivity index (χ1n) is 8.60. The van der Waals surface area contributed by atoms with Crippen LogP contribution in [0.15, 0.2) is 48.5 Å². The topological polar surface area (TPSA) is 50.4 Å². The smallest absolute Gasteiger partial charge is 0.387 e. The standard InChI is InChI=1S/C20H24F2N2O2/c1-3-15-4-8-17(9-5-15)14(2)23-13-19(25)24-12-16-6-10-18(11-7-16)26-20(21)22/h4-11,14,20,23H,3,12-13H2,1-2H3,(H,24,25). The van der Waals surface area contributed by atoms with Crippen molar-refractivity contribution in [2.45, 2.75) is 39.5 Å². The number of benzene rings is 2. The Morgan fingerprint density at radius 1 is 1.04 bits per heavy atom. The summed E-state index contributed by atoms with van der Waals surface area (Å²) in [6.07, 6.45) is 1.000. The first kappa shape index (κ1) is 19.8. The molecule has 1 amide bonds. The van der Waals surface area contributed by atoms with E-state index in [1.54, 1.807) is 12.1 Å². The van der Waals surface area contributed by atoms with Crippen LogP contribution >= 0.6 is 0 Å². The summed E-state index contributed by atoms with van der Waals surface area (Å²) >= 11 is 0. The Kier molecular flexibility index (Phi) is 7.53. The molecule has 0 fully saturated rings. The zero-order valence-electron chi connectivity index (χ0n) is 15.0. The summed E-state index contributed by atoms with van der Waals surface area (Å²) in [5.41, 5.74) is 3.22. The number of rotatable bonds is 9. The Morgan fingerprint density at radius 3 is 2.23 bits per heavy atom. The van der Waals surface area contributed by atoms with E-state index in [4.69, 9.17) is 0 Å².